The molecule has 1 atom stereocenters. The fraction of sp³-hybridized carbons (Fsp3) is 0.167. The van der Waals surface area contributed by atoms with E-state index in [2.05, 4.69) is 4.99 Å². The van der Waals surface area contributed by atoms with Crippen molar-refractivity contribution < 1.29 is 26.3 Å². The minimum Gasteiger partial charge on any atom is -0.265 e. The predicted octanol–water partition coefficient (Wildman–Crippen LogP) is 7.02. The van der Waals surface area contributed by atoms with Crippen molar-refractivity contribution in [3.05, 3.63) is 107 Å². The summed E-state index contributed by atoms with van der Waals surface area (Å²) >= 11 is 0. The summed E-state index contributed by atoms with van der Waals surface area (Å²) < 4.78 is 76.9. The van der Waals surface area contributed by atoms with Gasteiger partial charge in [0.1, 0.15) is 11.8 Å². The van der Waals surface area contributed by atoms with E-state index in [4.69, 9.17) is 0 Å². The van der Waals surface area contributed by atoms with Crippen molar-refractivity contribution in [2.24, 2.45) is 4.99 Å². The topological polar surface area (TPSA) is 36.1 Å². The third-order valence-corrected chi connectivity index (χ3v) is 4.77. The van der Waals surface area contributed by atoms with Crippen LogP contribution in [-0.2, 0) is 18.8 Å². The van der Waals surface area contributed by atoms with Gasteiger partial charge in [-0.1, -0.05) is 54.6 Å². The van der Waals surface area contributed by atoms with E-state index in [1.807, 2.05) is 6.07 Å². The van der Waals surface area contributed by atoms with Crippen molar-refractivity contribution in [3.8, 4) is 6.07 Å². The fourth-order valence-corrected chi connectivity index (χ4v) is 3.11. The lowest BCUT2D eigenvalue weighted by atomic mass is 9.98. The third kappa shape index (κ3) is 5.76. The molecule has 0 aliphatic heterocycles. The molecule has 0 fully saturated rings. The molecule has 0 amide bonds. The maximum Gasteiger partial charge on any atom is 0.416 e. The smallest absolute Gasteiger partial charge is 0.265 e. The molecule has 32 heavy (non-hydrogen) atoms. The van der Waals surface area contributed by atoms with Gasteiger partial charge in [-0.2, -0.15) is 31.6 Å². The van der Waals surface area contributed by atoms with E-state index in [0.29, 0.717) is 11.1 Å². The molecule has 0 saturated heterocycles. The molecule has 0 saturated carbocycles. The average Bonchev–Trinajstić information content (AvgIpc) is 2.76. The summed E-state index contributed by atoms with van der Waals surface area (Å²) in [6.07, 6.45) is -8.75. The number of halogens is 6. The zero-order chi connectivity index (χ0) is 23.4. The number of benzene rings is 3. The molecule has 0 unspecified atom stereocenters. The molecule has 3 rings (SSSR count). The molecular formula is C24H16F6N2. The van der Waals surface area contributed by atoms with Gasteiger partial charge >= 0.3 is 12.4 Å². The molecule has 3 aromatic carbocycles. The zero-order valence-electron chi connectivity index (χ0n) is 16.5. The number of alkyl halides is 6. The Bertz CT molecular complexity index is 1110. The number of aliphatic imine (C=N–C) groups is 1. The number of hydrogen-bond donors (Lipinski definition) is 0. The van der Waals surface area contributed by atoms with Crippen molar-refractivity contribution in [2.75, 3.05) is 0 Å². The van der Waals surface area contributed by atoms with Crippen LogP contribution in [0, 0.1) is 11.3 Å². The number of hydrogen-bond acceptors (Lipinski definition) is 2. The molecule has 0 aliphatic rings. The van der Waals surface area contributed by atoms with Gasteiger partial charge in [-0.05, 0) is 41.8 Å². The highest BCUT2D eigenvalue weighted by molar-refractivity contribution is 6.11. The van der Waals surface area contributed by atoms with Gasteiger partial charge in [0.2, 0.25) is 0 Å². The molecular weight excluding hydrogens is 430 g/mol. The Hall–Kier alpha value is -3.60. The maximum atomic E-state index is 12.8. The molecule has 0 aromatic heterocycles. The van der Waals surface area contributed by atoms with E-state index in [1.165, 1.54) is 24.3 Å². The molecule has 0 heterocycles. The summed E-state index contributed by atoms with van der Waals surface area (Å²) in [5.74, 6) is 0. The van der Waals surface area contributed by atoms with Crippen LogP contribution in [0.3, 0.4) is 0 Å². The molecule has 2 nitrogen and oxygen atoms in total. The van der Waals surface area contributed by atoms with Gasteiger partial charge in [0.25, 0.3) is 0 Å². The van der Waals surface area contributed by atoms with Gasteiger partial charge in [0, 0.05) is 5.56 Å². The van der Waals surface area contributed by atoms with Crippen LogP contribution >= 0.6 is 0 Å². The van der Waals surface area contributed by atoms with Crippen molar-refractivity contribution >= 4 is 5.71 Å². The average molecular weight is 446 g/mol. The van der Waals surface area contributed by atoms with Gasteiger partial charge in [-0.3, -0.25) is 4.99 Å². The minimum atomic E-state index is -4.50. The Balaban J connectivity index is 1.95. The van der Waals surface area contributed by atoms with Crippen LogP contribution < -0.4 is 0 Å². The van der Waals surface area contributed by atoms with Gasteiger partial charge < -0.3 is 0 Å². The lowest BCUT2D eigenvalue weighted by Crippen LogP contribution is -2.09. The quantitative estimate of drug-likeness (QED) is 0.306. The Morgan fingerprint density at radius 2 is 1.25 bits per heavy atom. The summed E-state index contributed by atoms with van der Waals surface area (Å²) in [5, 5.41) is 9.57. The second-order valence-electron chi connectivity index (χ2n) is 6.99. The lowest BCUT2D eigenvalue weighted by molar-refractivity contribution is -0.138. The summed E-state index contributed by atoms with van der Waals surface area (Å²) in [4.78, 5) is 4.45. The van der Waals surface area contributed by atoms with Gasteiger partial charge in [-0.25, -0.2) is 0 Å². The van der Waals surface area contributed by atoms with E-state index in [1.54, 1.807) is 30.3 Å². The standard InChI is InChI=1S/C24H16F6N2/c25-23(26,27)19-10-6-16(7-11-19)14-21(17-4-2-1-3-5-17)32-22(15-31)18-8-12-20(13-9-18)24(28,29)30/h1-13,21H,14H2/t21-/m1/s1. The van der Waals surface area contributed by atoms with Crippen LogP contribution in [0.25, 0.3) is 0 Å². The van der Waals surface area contributed by atoms with Gasteiger partial charge in [0.05, 0.1) is 17.2 Å². The first-order valence-corrected chi connectivity index (χ1v) is 9.44. The second-order valence-corrected chi connectivity index (χ2v) is 6.99. The lowest BCUT2D eigenvalue weighted by Gasteiger charge is -2.15. The molecule has 8 heteroatoms. The Morgan fingerprint density at radius 3 is 1.72 bits per heavy atom. The van der Waals surface area contributed by atoms with E-state index in [-0.39, 0.29) is 17.7 Å². The number of nitriles is 1. The molecule has 0 N–H and O–H groups in total. The SMILES string of the molecule is N#CC(=N[C@H](Cc1ccc(C(F)(F)F)cc1)c1ccccc1)c1ccc(C(F)(F)F)cc1. The largest absolute Gasteiger partial charge is 0.416 e. The molecule has 0 spiro atoms. The first-order chi connectivity index (χ1) is 15.1. The van der Waals surface area contributed by atoms with Crippen molar-refractivity contribution in [1.82, 2.24) is 0 Å². The molecule has 164 valence electrons. The van der Waals surface area contributed by atoms with Crippen LogP contribution in [0.4, 0.5) is 26.3 Å². The Morgan fingerprint density at radius 1 is 0.750 bits per heavy atom. The molecule has 0 bridgehead atoms. The summed E-state index contributed by atoms with van der Waals surface area (Å²) in [7, 11) is 0. The van der Waals surface area contributed by atoms with Crippen LogP contribution in [-0.4, -0.2) is 5.71 Å². The van der Waals surface area contributed by atoms with E-state index >= 15 is 0 Å². The zero-order valence-corrected chi connectivity index (χ0v) is 16.5. The molecule has 0 aliphatic carbocycles. The highest BCUT2D eigenvalue weighted by Gasteiger charge is 2.31. The summed E-state index contributed by atoms with van der Waals surface area (Å²) in [5.41, 5.74) is -0.188. The van der Waals surface area contributed by atoms with Crippen molar-refractivity contribution in [2.45, 2.75) is 24.8 Å². The van der Waals surface area contributed by atoms with E-state index in [0.717, 1.165) is 24.3 Å². The fourth-order valence-electron chi connectivity index (χ4n) is 3.11. The summed E-state index contributed by atoms with van der Waals surface area (Å²) in [6, 6.07) is 18.8. The Labute approximate surface area is 180 Å². The first kappa shape index (κ1) is 23.1. The van der Waals surface area contributed by atoms with E-state index in [9.17, 15) is 31.6 Å². The Kier molecular flexibility index (Phi) is 6.68. The molecule has 3 aromatic rings. The third-order valence-electron chi connectivity index (χ3n) is 4.77. The van der Waals surface area contributed by atoms with Crippen molar-refractivity contribution in [3.63, 3.8) is 0 Å². The number of nitrogens with zero attached hydrogens (tertiary/aromatic N) is 2. The predicted molar refractivity (Wildman–Crippen MR) is 108 cm³/mol. The minimum absolute atomic E-state index is 0.0699. The van der Waals surface area contributed by atoms with Crippen LogP contribution in [0.2, 0.25) is 0 Å². The number of rotatable bonds is 5. The van der Waals surface area contributed by atoms with E-state index < -0.39 is 29.5 Å². The second kappa shape index (κ2) is 9.27. The molecule has 0 radical (unpaired) electrons. The van der Waals surface area contributed by atoms with Crippen LogP contribution in [0.5, 0.6) is 0 Å². The van der Waals surface area contributed by atoms with Crippen molar-refractivity contribution in [1.29, 1.82) is 5.26 Å². The highest BCUT2D eigenvalue weighted by Crippen LogP contribution is 2.31. The summed E-state index contributed by atoms with van der Waals surface area (Å²) in [6.45, 7) is 0. The maximum absolute atomic E-state index is 12.8. The van der Waals surface area contributed by atoms with Crippen LogP contribution in [0.1, 0.15) is 33.9 Å². The highest BCUT2D eigenvalue weighted by atomic mass is 19.4. The van der Waals surface area contributed by atoms with Gasteiger partial charge in [0.15, 0.2) is 0 Å². The normalized spacial score (nSPS) is 13.5. The van der Waals surface area contributed by atoms with Gasteiger partial charge in [-0.15, -0.1) is 0 Å². The monoisotopic (exact) mass is 446 g/mol. The first-order valence-electron chi connectivity index (χ1n) is 9.44. The van der Waals surface area contributed by atoms with Crippen LogP contribution in [0.15, 0.2) is 83.9 Å².